The van der Waals surface area contributed by atoms with Crippen LogP contribution in [-0.2, 0) is 16.0 Å². The van der Waals surface area contributed by atoms with Crippen LogP contribution in [0.1, 0.15) is 31.0 Å². The predicted molar refractivity (Wildman–Crippen MR) is 103 cm³/mol. The number of nitro benzene ring substituents is 1. The van der Waals surface area contributed by atoms with Crippen LogP contribution in [0.5, 0.6) is 5.75 Å². The number of fused-ring (bicyclic) bond motifs is 1. The molecule has 1 heterocycles. The molecule has 2 aromatic rings. The number of non-ortho nitro benzene ring substituents is 1. The van der Waals surface area contributed by atoms with E-state index in [2.05, 4.69) is 12.2 Å². The lowest BCUT2D eigenvalue weighted by Crippen LogP contribution is -2.45. The molecule has 1 aliphatic heterocycles. The van der Waals surface area contributed by atoms with Crippen LogP contribution in [0.4, 0.5) is 11.4 Å². The number of hydrogen-bond acceptors (Lipinski definition) is 5. The molecular formula is C20H21N3O5. The zero-order chi connectivity index (χ0) is 20.3. The number of nitro groups is 1. The molecule has 0 fully saturated rings. The van der Waals surface area contributed by atoms with Crippen molar-refractivity contribution >= 4 is 23.2 Å². The topological polar surface area (TPSA) is 102 Å². The van der Waals surface area contributed by atoms with Gasteiger partial charge in [0.2, 0.25) is 5.91 Å². The van der Waals surface area contributed by atoms with Gasteiger partial charge in [0.05, 0.1) is 16.7 Å². The van der Waals surface area contributed by atoms with Crippen LogP contribution in [0, 0.1) is 10.1 Å². The Bertz CT molecular complexity index is 911. The highest BCUT2D eigenvalue weighted by Crippen LogP contribution is 2.35. The first kappa shape index (κ1) is 19.3. The fraction of sp³-hybridized carbons (Fsp3) is 0.300. The van der Waals surface area contributed by atoms with E-state index in [0.717, 1.165) is 12.0 Å². The molecule has 0 aromatic heterocycles. The van der Waals surface area contributed by atoms with Gasteiger partial charge in [0.1, 0.15) is 12.3 Å². The number of rotatable bonds is 6. The van der Waals surface area contributed by atoms with Crippen molar-refractivity contribution in [3.63, 3.8) is 0 Å². The largest absolute Gasteiger partial charge is 0.482 e. The maximum absolute atomic E-state index is 12.5. The second kappa shape index (κ2) is 8.08. The van der Waals surface area contributed by atoms with Crippen LogP contribution in [0.25, 0.3) is 0 Å². The van der Waals surface area contributed by atoms with Crippen molar-refractivity contribution in [2.75, 3.05) is 18.1 Å². The van der Waals surface area contributed by atoms with Crippen LogP contribution in [-0.4, -0.2) is 29.9 Å². The molecule has 8 nitrogen and oxygen atoms in total. The number of aryl methyl sites for hydroxylation is 1. The maximum Gasteiger partial charge on any atom is 0.271 e. The molecule has 3 rings (SSSR count). The minimum Gasteiger partial charge on any atom is -0.482 e. The summed E-state index contributed by atoms with van der Waals surface area (Å²) in [5.41, 5.74) is 2.21. The quantitative estimate of drug-likeness (QED) is 0.610. The summed E-state index contributed by atoms with van der Waals surface area (Å²) in [6.07, 6.45) is 0.936. The van der Waals surface area contributed by atoms with Gasteiger partial charge in [-0.25, -0.2) is 0 Å². The molecule has 0 saturated heterocycles. The van der Waals surface area contributed by atoms with Crippen LogP contribution in [0.3, 0.4) is 0 Å². The van der Waals surface area contributed by atoms with E-state index in [9.17, 15) is 19.7 Å². The minimum atomic E-state index is -0.556. The number of hydrogen-bond donors (Lipinski definition) is 1. The third kappa shape index (κ3) is 4.11. The van der Waals surface area contributed by atoms with E-state index in [1.807, 2.05) is 31.2 Å². The summed E-state index contributed by atoms with van der Waals surface area (Å²) in [4.78, 5) is 36.5. The molecule has 28 heavy (non-hydrogen) atoms. The van der Waals surface area contributed by atoms with E-state index in [-0.39, 0.29) is 36.5 Å². The Labute approximate surface area is 162 Å². The van der Waals surface area contributed by atoms with Crippen molar-refractivity contribution in [1.82, 2.24) is 5.32 Å². The van der Waals surface area contributed by atoms with E-state index in [1.54, 1.807) is 0 Å². The minimum absolute atomic E-state index is 0.174. The van der Waals surface area contributed by atoms with Gasteiger partial charge >= 0.3 is 0 Å². The Kier molecular flexibility index (Phi) is 5.58. The van der Waals surface area contributed by atoms with Crippen LogP contribution in [0.2, 0.25) is 0 Å². The van der Waals surface area contributed by atoms with Crippen molar-refractivity contribution in [3.8, 4) is 5.75 Å². The average Bonchev–Trinajstić information content (AvgIpc) is 2.69. The molecule has 1 unspecified atom stereocenters. The fourth-order valence-corrected chi connectivity index (χ4v) is 3.03. The first-order chi connectivity index (χ1) is 13.4. The molecule has 0 saturated carbocycles. The number of carbonyl (C=O) groups excluding carboxylic acids is 2. The Morgan fingerprint density at radius 3 is 2.64 bits per heavy atom. The lowest BCUT2D eigenvalue weighted by molar-refractivity contribution is -0.384. The van der Waals surface area contributed by atoms with Gasteiger partial charge in [0, 0.05) is 12.1 Å². The van der Waals surface area contributed by atoms with Gasteiger partial charge in [-0.3, -0.25) is 24.6 Å². The van der Waals surface area contributed by atoms with Crippen molar-refractivity contribution < 1.29 is 19.2 Å². The molecule has 0 aliphatic carbocycles. The van der Waals surface area contributed by atoms with Crippen LogP contribution < -0.4 is 15.0 Å². The van der Waals surface area contributed by atoms with Gasteiger partial charge < -0.3 is 10.1 Å². The first-order valence-corrected chi connectivity index (χ1v) is 8.99. The summed E-state index contributed by atoms with van der Waals surface area (Å²) < 4.78 is 5.31. The number of carbonyl (C=O) groups is 2. The number of ether oxygens (including phenoxy) is 1. The Morgan fingerprint density at radius 1 is 1.29 bits per heavy atom. The normalized spacial score (nSPS) is 14.1. The molecule has 2 aromatic carbocycles. The Balaban J connectivity index is 1.73. The highest BCUT2D eigenvalue weighted by atomic mass is 16.6. The number of nitrogens with one attached hydrogen (secondary N) is 1. The molecule has 0 radical (unpaired) electrons. The molecule has 1 atom stereocenters. The molecule has 1 aliphatic rings. The highest BCUT2D eigenvalue weighted by Gasteiger charge is 2.29. The third-order valence-corrected chi connectivity index (χ3v) is 4.66. The van der Waals surface area contributed by atoms with Gasteiger partial charge in [-0.05, 0) is 30.5 Å². The van der Waals surface area contributed by atoms with E-state index in [1.165, 1.54) is 28.7 Å². The van der Waals surface area contributed by atoms with Crippen LogP contribution in [0.15, 0.2) is 42.5 Å². The van der Waals surface area contributed by atoms with Crippen molar-refractivity contribution in [2.24, 2.45) is 0 Å². The first-order valence-electron chi connectivity index (χ1n) is 8.99. The van der Waals surface area contributed by atoms with Crippen LogP contribution >= 0.6 is 0 Å². The van der Waals surface area contributed by atoms with E-state index < -0.39 is 10.8 Å². The Morgan fingerprint density at radius 2 is 2.00 bits per heavy atom. The molecular weight excluding hydrogens is 362 g/mol. The molecule has 8 heteroatoms. The summed E-state index contributed by atoms with van der Waals surface area (Å²) in [6.45, 7) is 3.47. The van der Waals surface area contributed by atoms with Gasteiger partial charge in [-0.1, -0.05) is 31.2 Å². The summed E-state index contributed by atoms with van der Waals surface area (Å²) in [5.74, 6) is -0.455. The summed E-state index contributed by atoms with van der Waals surface area (Å²) in [7, 11) is 0. The van der Waals surface area contributed by atoms with Crippen molar-refractivity contribution in [1.29, 1.82) is 0 Å². The standard InChI is InChI=1S/C20H21N3O5/c1-3-14-4-6-15(7-5-14)13(2)21-19(24)11-22-17-10-16(23(26)27)8-9-18(17)28-12-20(22)25/h4-10,13H,3,11-12H2,1-2H3,(H,21,24). The number of benzene rings is 2. The predicted octanol–water partition coefficient (Wildman–Crippen LogP) is 2.76. The molecule has 2 amide bonds. The smallest absolute Gasteiger partial charge is 0.271 e. The monoisotopic (exact) mass is 383 g/mol. The summed E-state index contributed by atoms with van der Waals surface area (Å²) in [6, 6.07) is 11.7. The van der Waals surface area contributed by atoms with E-state index in [4.69, 9.17) is 4.74 Å². The van der Waals surface area contributed by atoms with E-state index >= 15 is 0 Å². The number of anilines is 1. The zero-order valence-electron chi connectivity index (χ0n) is 15.7. The maximum atomic E-state index is 12.5. The average molecular weight is 383 g/mol. The summed E-state index contributed by atoms with van der Waals surface area (Å²) >= 11 is 0. The van der Waals surface area contributed by atoms with Crippen molar-refractivity contribution in [2.45, 2.75) is 26.3 Å². The molecule has 1 N–H and O–H groups in total. The number of nitrogens with zero attached hydrogens (tertiary/aromatic N) is 2. The molecule has 146 valence electrons. The molecule has 0 spiro atoms. The lowest BCUT2D eigenvalue weighted by atomic mass is 10.0. The summed E-state index contributed by atoms with van der Waals surface area (Å²) in [5, 5.41) is 13.9. The Hall–Kier alpha value is -3.42. The van der Waals surface area contributed by atoms with Gasteiger partial charge in [-0.15, -0.1) is 0 Å². The van der Waals surface area contributed by atoms with Gasteiger partial charge in [-0.2, -0.15) is 0 Å². The lowest BCUT2D eigenvalue weighted by Gasteiger charge is -2.29. The van der Waals surface area contributed by atoms with Gasteiger partial charge in [0.15, 0.2) is 6.61 Å². The highest BCUT2D eigenvalue weighted by molar-refractivity contribution is 6.02. The van der Waals surface area contributed by atoms with Crippen molar-refractivity contribution in [3.05, 3.63) is 63.7 Å². The third-order valence-electron chi connectivity index (χ3n) is 4.66. The zero-order valence-corrected chi connectivity index (χ0v) is 15.7. The SMILES string of the molecule is CCc1ccc(C(C)NC(=O)CN2C(=O)COc3ccc([N+](=O)[O-])cc32)cc1. The fourth-order valence-electron chi connectivity index (χ4n) is 3.03. The van der Waals surface area contributed by atoms with E-state index in [0.29, 0.717) is 5.75 Å². The second-order valence-corrected chi connectivity index (χ2v) is 6.56. The second-order valence-electron chi connectivity index (χ2n) is 6.56. The molecule has 0 bridgehead atoms. The number of amides is 2. The van der Waals surface area contributed by atoms with Gasteiger partial charge in [0.25, 0.3) is 11.6 Å².